The Morgan fingerprint density at radius 1 is 1.11 bits per heavy atom. The Labute approximate surface area is 111 Å². The number of nitrogens with zero attached hydrogens (tertiary/aromatic N) is 2. The van der Waals surface area contributed by atoms with Crippen LogP contribution in [-0.4, -0.2) is 37.6 Å². The third-order valence-electron chi connectivity index (χ3n) is 3.77. The lowest BCUT2D eigenvalue weighted by atomic mass is 10.0. The normalized spacial score (nSPS) is 17.5. The molecule has 0 aliphatic carbocycles. The summed E-state index contributed by atoms with van der Waals surface area (Å²) in [5.41, 5.74) is 5.49. The molecular formula is C16H23N2. The fraction of sp³-hybridized carbons (Fsp3) is 0.500. The van der Waals surface area contributed by atoms with Crippen molar-refractivity contribution in [3.63, 3.8) is 0 Å². The molecule has 0 atom stereocenters. The fourth-order valence-corrected chi connectivity index (χ4v) is 2.33. The highest BCUT2D eigenvalue weighted by Gasteiger charge is 2.07. The monoisotopic (exact) mass is 243 g/mol. The molecule has 2 heteroatoms. The van der Waals surface area contributed by atoms with E-state index in [1.54, 1.807) is 0 Å². The van der Waals surface area contributed by atoms with Gasteiger partial charge in [-0.15, -0.1) is 0 Å². The summed E-state index contributed by atoms with van der Waals surface area (Å²) in [7, 11) is 0. The largest absolute Gasteiger partial charge is 0.297 e. The maximum absolute atomic E-state index is 4.36. The summed E-state index contributed by atoms with van der Waals surface area (Å²) in [6.07, 6.45) is 4.51. The van der Waals surface area contributed by atoms with Crippen LogP contribution >= 0.6 is 0 Å². The lowest BCUT2D eigenvalue weighted by Gasteiger charge is -2.24. The van der Waals surface area contributed by atoms with E-state index in [4.69, 9.17) is 0 Å². The SMILES string of the molecule is Cc1cc(C=CCN2CC[N]CC2)cc(C)c1C. The van der Waals surface area contributed by atoms with Crippen LogP contribution in [-0.2, 0) is 0 Å². The zero-order chi connectivity index (χ0) is 13.0. The van der Waals surface area contributed by atoms with E-state index in [2.05, 4.69) is 55.3 Å². The molecule has 2 nitrogen and oxygen atoms in total. The van der Waals surface area contributed by atoms with Crippen molar-refractivity contribution in [2.24, 2.45) is 0 Å². The Kier molecular flexibility index (Phi) is 4.56. The Hall–Kier alpha value is -1.12. The molecule has 1 aliphatic heterocycles. The first-order chi connectivity index (χ1) is 8.66. The molecule has 1 radical (unpaired) electrons. The summed E-state index contributed by atoms with van der Waals surface area (Å²) in [4.78, 5) is 2.46. The average molecular weight is 243 g/mol. The van der Waals surface area contributed by atoms with Crippen LogP contribution in [0.2, 0.25) is 0 Å². The number of aryl methyl sites for hydroxylation is 2. The van der Waals surface area contributed by atoms with Gasteiger partial charge in [0.05, 0.1) is 0 Å². The predicted molar refractivity (Wildman–Crippen MR) is 78.0 cm³/mol. The Balaban J connectivity index is 1.96. The van der Waals surface area contributed by atoms with Crippen LogP contribution in [0, 0.1) is 20.8 Å². The van der Waals surface area contributed by atoms with Crippen LogP contribution in [0.4, 0.5) is 0 Å². The van der Waals surface area contributed by atoms with Crippen LogP contribution < -0.4 is 5.32 Å². The second kappa shape index (κ2) is 6.17. The van der Waals surface area contributed by atoms with Gasteiger partial charge in [0.1, 0.15) is 0 Å². The minimum Gasteiger partial charge on any atom is -0.297 e. The van der Waals surface area contributed by atoms with Gasteiger partial charge in [-0.3, -0.25) is 4.90 Å². The van der Waals surface area contributed by atoms with E-state index in [0.717, 1.165) is 32.7 Å². The maximum Gasteiger partial charge on any atom is 0.0261 e. The molecule has 0 N–H and O–H groups in total. The molecule has 0 amide bonds. The minimum atomic E-state index is 0.997. The van der Waals surface area contributed by atoms with E-state index in [1.165, 1.54) is 22.3 Å². The number of hydrogen-bond acceptors (Lipinski definition) is 1. The summed E-state index contributed by atoms with van der Waals surface area (Å²) >= 11 is 0. The van der Waals surface area contributed by atoms with Crippen LogP contribution in [0.15, 0.2) is 18.2 Å². The van der Waals surface area contributed by atoms with Gasteiger partial charge >= 0.3 is 0 Å². The minimum absolute atomic E-state index is 0.997. The summed E-state index contributed by atoms with van der Waals surface area (Å²) in [5.74, 6) is 0. The first-order valence-corrected chi connectivity index (χ1v) is 6.77. The lowest BCUT2D eigenvalue weighted by molar-refractivity contribution is 0.262. The van der Waals surface area contributed by atoms with Crippen molar-refractivity contribution in [1.82, 2.24) is 10.2 Å². The second-order valence-corrected chi connectivity index (χ2v) is 5.15. The van der Waals surface area contributed by atoms with Crippen molar-refractivity contribution in [2.45, 2.75) is 20.8 Å². The molecule has 1 fully saturated rings. The molecule has 97 valence electrons. The van der Waals surface area contributed by atoms with Gasteiger partial charge in [0.2, 0.25) is 0 Å². The third kappa shape index (κ3) is 3.44. The molecule has 0 aromatic heterocycles. The smallest absolute Gasteiger partial charge is 0.0261 e. The first-order valence-electron chi connectivity index (χ1n) is 6.77. The van der Waals surface area contributed by atoms with E-state index in [-0.39, 0.29) is 0 Å². The molecule has 1 aromatic carbocycles. The zero-order valence-corrected chi connectivity index (χ0v) is 11.7. The van der Waals surface area contributed by atoms with Crippen LogP contribution in [0.5, 0.6) is 0 Å². The Morgan fingerprint density at radius 3 is 2.33 bits per heavy atom. The van der Waals surface area contributed by atoms with Crippen molar-refractivity contribution in [2.75, 3.05) is 32.7 Å². The molecule has 1 saturated heterocycles. The summed E-state index contributed by atoms with van der Waals surface area (Å²) < 4.78 is 0. The Morgan fingerprint density at radius 2 is 1.72 bits per heavy atom. The van der Waals surface area contributed by atoms with E-state index < -0.39 is 0 Å². The van der Waals surface area contributed by atoms with Gasteiger partial charge in [-0.25, -0.2) is 5.32 Å². The predicted octanol–water partition coefficient (Wildman–Crippen LogP) is 2.55. The van der Waals surface area contributed by atoms with E-state index in [9.17, 15) is 0 Å². The summed E-state index contributed by atoms with van der Waals surface area (Å²) in [6, 6.07) is 4.54. The highest BCUT2D eigenvalue weighted by molar-refractivity contribution is 5.54. The van der Waals surface area contributed by atoms with Gasteiger partial charge in [-0.1, -0.05) is 24.3 Å². The fourth-order valence-electron chi connectivity index (χ4n) is 2.33. The van der Waals surface area contributed by atoms with Gasteiger partial charge in [0.15, 0.2) is 0 Å². The molecular weight excluding hydrogens is 220 g/mol. The quantitative estimate of drug-likeness (QED) is 0.797. The number of piperazine rings is 1. The number of hydrogen-bond donors (Lipinski definition) is 0. The van der Waals surface area contributed by atoms with Crippen LogP contribution in [0.25, 0.3) is 6.08 Å². The molecule has 0 bridgehead atoms. The molecule has 2 rings (SSSR count). The molecule has 1 heterocycles. The van der Waals surface area contributed by atoms with Gasteiger partial charge in [0.25, 0.3) is 0 Å². The maximum atomic E-state index is 4.36. The van der Waals surface area contributed by atoms with Crippen molar-refractivity contribution in [3.05, 3.63) is 40.5 Å². The molecule has 0 unspecified atom stereocenters. The molecule has 0 spiro atoms. The first kappa shape index (κ1) is 13.3. The van der Waals surface area contributed by atoms with Crippen molar-refractivity contribution < 1.29 is 0 Å². The van der Waals surface area contributed by atoms with Gasteiger partial charge < -0.3 is 0 Å². The third-order valence-corrected chi connectivity index (χ3v) is 3.77. The van der Waals surface area contributed by atoms with Crippen LogP contribution in [0.3, 0.4) is 0 Å². The molecule has 1 aromatic rings. The van der Waals surface area contributed by atoms with Crippen molar-refractivity contribution >= 4 is 6.08 Å². The lowest BCUT2D eigenvalue weighted by Crippen LogP contribution is -2.40. The van der Waals surface area contributed by atoms with Crippen molar-refractivity contribution in [3.8, 4) is 0 Å². The van der Waals surface area contributed by atoms with E-state index in [1.807, 2.05) is 0 Å². The Bertz CT molecular complexity index is 406. The number of benzene rings is 1. The molecule has 0 saturated carbocycles. The topological polar surface area (TPSA) is 17.3 Å². The second-order valence-electron chi connectivity index (χ2n) is 5.15. The standard InChI is InChI=1S/C16H23N2/c1-13-11-16(12-14(2)15(13)3)5-4-8-18-9-6-17-7-10-18/h4-5,11-12H,6-10H2,1-3H3. The molecule has 18 heavy (non-hydrogen) atoms. The highest BCUT2D eigenvalue weighted by Crippen LogP contribution is 2.16. The van der Waals surface area contributed by atoms with Crippen LogP contribution in [0.1, 0.15) is 22.3 Å². The van der Waals surface area contributed by atoms with E-state index in [0.29, 0.717) is 0 Å². The average Bonchev–Trinajstić information content (AvgIpc) is 2.37. The van der Waals surface area contributed by atoms with E-state index >= 15 is 0 Å². The van der Waals surface area contributed by atoms with Gasteiger partial charge in [-0.05, 0) is 43.0 Å². The summed E-state index contributed by atoms with van der Waals surface area (Å²) in [5, 5.41) is 4.36. The molecule has 1 aliphatic rings. The van der Waals surface area contributed by atoms with Gasteiger partial charge in [0, 0.05) is 32.7 Å². The van der Waals surface area contributed by atoms with Gasteiger partial charge in [-0.2, -0.15) is 0 Å². The highest BCUT2D eigenvalue weighted by atomic mass is 15.2. The number of rotatable bonds is 3. The summed E-state index contributed by atoms with van der Waals surface area (Å²) in [6.45, 7) is 11.8. The zero-order valence-electron chi connectivity index (χ0n) is 11.7. The van der Waals surface area contributed by atoms with Crippen molar-refractivity contribution in [1.29, 1.82) is 0 Å².